The topological polar surface area (TPSA) is 99.2 Å². The first-order valence-electron chi connectivity index (χ1n) is 6.43. The Bertz CT molecular complexity index is 521. The van der Waals surface area contributed by atoms with Crippen molar-refractivity contribution in [3.05, 3.63) is 33.9 Å². The Morgan fingerprint density at radius 1 is 1.50 bits per heavy atom. The minimum atomic E-state index is -0.540. The van der Waals surface area contributed by atoms with Crippen molar-refractivity contribution in [1.29, 1.82) is 5.26 Å². The maximum absolute atomic E-state index is 11.1. The van der Waals surface area contributed by atoms with E-state index in [0.717, 1.165) is 6.42 Å². The first-order chi connectivity index (χ1) is 9.41. The number of aliphatic hydroxyl groups is 1. The van der Waals surface area contributed by atoms with Gasteiger partial charge in [-0.2, -0.15) is 5.26 Å². The SMILES string of the molecule is CC(C)(CCCO)CNc1cccc(C#N)c1[N+](=O)[O-]. The molecule has 108 valence electrons. The van der Waals surface area contributed by atoms with Gasteiger partial charge in [0.25, 0.3) is 0 Å². The summed E-state index contributed by atoms with van der Waals surface area (Å²) in [5.74, 6) is 0. The van der Waals surface area contributed by atoms with Crippen LogP contribution in [-0.2, 0) is 0 Å². The van der Waals surface area contributed by atoms with Gasteiger partial charge in [0.05, 0.1) is 4.92 Å². The molecule has 0 saturated heterocycles. The number of nitriles is 1. The van der Waals surface area contributed by atoms with Gasteiger partial charge in [0.2, 0.25) is 0 Å². The molecule has 0 unspecified atom stereocenters. The van der Waals surface area contributed by atoms with Gasteiger partial charge in [0.1, 0.15) is 17.3 Å². The molecule has 0 radical (unpaired) electrons. The zero-order valence-corrected chi connectivity index (χ0v) is 11.7. The molecule has 1 aromatic rings. The zero-order chi connectivity index (χ0) is 15.2. The summed E-state index contributed by atoms with van der Waals surface area (Å²) in [6.45, 7) is 4.71. The fourth-order valence-corrected chi connectivity index (χ4v) is 1.95. The van der Waals surface area contributed by atoms with Gasteiger partial charge < -0.3 is 10.4 Å². The zero-order valence-electron chi connectivity index (χ0n) is 11.7. The van der Waals surface area contributed by atoms with E-state index in [-0.39, 0.29) is 23.3 Å². The summed E-state index contributed by atoms with van der Waals surface area (Å²) in [6, 6.07) is 6.48. The summed E-state index contributed by atoms with van der Waals surface area (Å²) in [4.78, 5) is 10.5. The lowest BCUT2D eigenvalue weighted by Gasteiger charge is -2.25. The molecule has 0 spiro atoms. The molecular weight excluding hydrogens is 258 g/mol. The first-order valence-corrected chi connectivity index (χ1v) is 6.43. The molecule has 0 aliphatic rings. The highest BCUT2D eigenvalue weighted by atomic mass is 16.6. The molecular formula is C14H19N3O3. The normalized spacial score (nSPS) is 10.9. The summed E-state index contributed by atoms with van der Waals surface area (Å²) in [7, 11) is 0. The number of nitro benzene ring substituents is 1. The average molecular weight is 277 g/mol. The number of nitro groups is 1. The molecule has 0 heterocycles. The minimum Gasteiger partial charge on any atom is -0.396 e. The lowest BCUT2D eigenvalue weighted by atomic mass is 9.88. The van der Waals surface area contributed by atoms with Crippen LogP contribution in [-0.4, -0.2) is 23.2 Å². The molecule has 6 nitrogen and oxygen atoms in total. The highest BCUT2D eigenvalue weighted by Gasteiger charge is 2.22. The second kappa shape index (κ2) is 6.87. The van der Waals surface area contributed by atoms with E-state index in [0.29, 0.717) is 18.7 Å². The summed E-state index contributed by atoms with van der Waals surface area (Å²) in [6.07, 6.45) is 1.50. The monoisotopic (exact) mass is 277 g/mol. The van der Waals surface area contributed by atoms with Crippen LogP contribution < -0.4 is 5.32 Å². The van der Waals surface area contributed by atoms with Crippen molar-refractivity contribution in [2.75, 3.05) is 18.5 Å². The van der Waals surface area contributed by atoms with Crippen molar-refractivity contribution >= 4 is 11.4 Å². The molecule has 0 amide bonds. The molecule has 0 bridgehead atoms. The number of hydrogen-bond donors (Lipinski definition) is 2. The number of rotatable bonds is 7. The molecule has 0 aromatic heterocycles. The highest BCUT2D eigenvalue weighted by Crippen LogP contribution is 2.30. The van der Waals surface area contributed by atoms with Crippen LogP contribution in [0.3, 0.4) is 0 Å². The van der Waals surface area contributed by atoms with Gasteiger partial charge in [-0.3, -0.25) is 10.1 Å². The predicted molar refractivity (Wildman–Crippen MR) is 76.4 cm³/mol. The van der Waals surface area contributed by atoms with Crippen molar-refractivity contribution < 1.29 is 10.0 Å². The summed E-state index contributed by atoms with van der Waals surface area (Å²) in [5.41, 5.74) is 0.117. The molecule has 0 aliphatic carbocycles. The Labute approximate surface area is 118 Å². The number of nitrogens with zero attached hydrogens (tertiary/aromatic N) is 2. The molecule has 6 heteroatoms. The molecule has 20 heavy (non-hydrogen) atoms. The molecule has 1 aromatic carbocycles. The van der Waals surface area contributed by atoms with E-state index in [4.69, 9.17) is 10.4 Å². The third-order valence-corrected chi connectivity index (χ3v) is 3.11. The van der Waals surface area contributed by atoms with Crippen LogP contribution in [0.2, 0.25) is 0 Å². The van der Waals surface area contributed by atoms with Crippen molar-refractivity contribution in [1.82, 2.24) is 0 Å². The summed E-state index contributed by atoms with van der Waals surface area (Å²) in [5, 5.41) is 31.9. The number of benzene rings is 1. The Morgan fingerprint density at radius 2 is 2.20 bits per heavy atom. The molecule has 0 saturated carbocycles. The van der Waals surface area contributed by atoms with E-state index < -0.39 is 4.92 Å². The smallest absolute Gasteiger partial charge is 0.309 e. The molecule has 0 aliphatic heterocycles. The minimum absolute atomic E-state index is 0.0492. The Kier molecular flexibility index (Phi) is 5.47. The predicted octanol–water partition coefficient (Wildman–Crippen LogP) is 2.68. The fraction of sp³-hybridized carbons (Fsp3) is 0.500. The van der Waals surface area contributed by atoms with Crippen molar-refractivity contribution in [2.24, 2.45) is 5.41 Å². The van der Waals surface area contributed by atoms with Gasteiger partial charge in [-0.25, -0.2) is 0 Å². The second-order valence-corrected chi connectivity index (χ2v) is 5.42. The third-order valence-electron chi connectivity index (χ3n) is 3.11. The first kappa shape index (κ1) is 15.9. The van der Waals surface area contributed by atoms with Gasteiger partial charge in [-0.15, -0.1) is 0 Å². The number of aliphatic hydroxyl groups excluding tert-OH is 1. The van der Waals surface area contributed by atoms with Crippen molar-refractivity contribution in [3.63, 3.8) is 0 Å². The quantitative estimate of drug-likeness (QED) is 0.589. The van der Waals surface area contributed by atoms with Gasteiger partial charge in [-0.1, -0.05) is 19.9 Å². The summed E-state index contributed by atoms with van der Waals surface area (Å²) < 4.78 is 0. The van der Waals surface area contributed by atoms with E-state index >= 15 is 0 Å². The molecule has 0 fully saturated rings. The van der Waals surface area contributed by atoms with E-state index in [1.54, 1.807) is 12.1 Å². The van der Waals surface area contributed by atoms with Crippen LogP contribution in [0.15, 0.2) is 18.2 Å². The van der Waals surface area contributed by atoms with Crippen molar-refractivity contribution in [2.45, 2.75) is 26.7 Å². The third kappa shape index (κ3) is 4.21. The second-order valence-electron chi connectivity index (χ2n) is 5.42. The van der Waals surface area contributed by atoms with Gasteiger partial charge in [-0.05, 0) is 30.4 Å². The number of nitrogens with one attached hydrogen (secondary N) is 1. The van der Waals surface area contributed by atoms with Crippen LogP contribution >= 0.6 is 0 Å². The molecule has 2 N–H and O–H groups in total. The van der Waals surface area contributed by atoms with E-state index in [9.17, 15) is 10.1 Å². The number of hydrogen-bond acceptors (Lipinski definition) is 5. The average Bonchev–Trinajstić information content (AvgIpc) is 2.42. The van der Waals surface area contributed by atoms with Crippen LogP contribution in [0.5, 0.6) is 0 Å². The molecule has 0 atom stereocenters. The number of anilines is 1. The van der Waals surface area contributed by atoms with E-state index in [1.165, 1.54) is 6.07 Å². The maximum Gasteiger partial charge on any atom is 0.309 e. The van der Waals surface area contributed by atoms with Crippen LogP contribution in [0.4, 0.5) is 11.4 Å². The Balaban J connectivity index is 2.88. The highest BCUT2D eigenvalue weighted by molar-refractivity contribution is 5.68. The lowest BCUT2D eigenvalue weighted by Crippen LogP contribution is -2.23. The Hall–Kier alpha value is -2.13. The fourth-order valence-electron chi connectivity index (χ4n) is 1.95. The van der Waals surface area contributed by atoms with Crippen molar-refractivity contribution in [3.8, 4) is 6.07 Å². The molecule has 1 rings (SSSR count). The van der Waals surface area contributed by atoms with Crippen LogP contribution in [0.1, 0.15) is 32.3 Å². The Morgan fingerprint density at radius 3 is 2.75 bits per heavy atom. The van der Waals surface area contributed by atoms with Gasteiger partial charge in [0, 0.05) is 13.2 Å². The van der Waals surface area contributed by atoms with E-state index in [2.05, 4.69) is 5.32 Å². The number of para-hydroxylation sites is 1. The standard InChI is InChI=1S/C14H19N3O3/c1-14(2,7-4-8-18)10-16-12-6-3-5-11(9-15)13(12)17(19)20/h3,5-6,16,18H,4,7-8,10H2,1-2H3. The lowest BCUT2D eigenvalue weighted by molar-refractivity contribution is -0.384. The van der Waals surface area contributed by atoms with E-state index in [1.807, 2.05) is 19.9 Å². The van der Waals surface area contributed by atoms with Crippen LogP contribution in [0, 0.1) is 26.9 Å². The summed E-state index contributed by atoms with van der Waals surface area (Å²) >= 11 is 0. The van der Waals surface area contributed by atoms with Gasteiger partial charge >= 0.3 is 5.69 Å². The van der Waals surface area contributed by atoms with Crippen LogP contribution in [0.25, 0.3) is 0 Å². The largest absolute Gasteiger partial charge is 0.396 e. The van der Waals surface area contributed by atoms with Gasteiger partial charge in [0.15, 0.2) is 0 Å². The maximum atomic E-state index is 11.1.